The van der Waals surface area contributed by atoms with E-state index in [0.717, 1.165) is 18.7 Å². The molecule has 3 fully saturated rings. The van der Waals surface area contributed by atoms with Crippen molar-refractivity contribution < 1.29 is 4.79 Å². The van der Waals surface area contributed by atoms with Crippen LogP contribution in [-0.2, 0) is 6.54 Å². The van der Waals surface area contributed by atoms with E-state index in [0.29, 0.717) is 30.5 Å². The van der Waals surface area contributed by atoms with Gasteiger partial charge in [-0.2, -0.15) is 0 Å². The number of hydrogen-bond donors (Lipinski definition) is 2. The molecule has 20 heavy (non-hydrogen) atoms. The minimum absolute atomic E-state index is 0.135. The lowest BCUT2D eigenvalue weighted by atomic mass is 9.82. The molecule has 0 saturated carbocycles. The molecule has 3 saturated heterocycles. The van der Waals surface area contributed by atoms with E-state index < -0.39 is 0 Å². The quantitative estimate of drug-likeness (QED) is 0.858. The summed E-state index contributed by atoms with van der Waals surface area (Å²) in [6.45, 7) is 2.81. The molecule has 2 N–H and O–H groups in total. The van der Waals surface area contributed by atoms with Gasteiger partial charge in [-0.1, -0.05) is 30.3 Å². The van der Waals surface area contributed by atoms with Crippen LogP contribution >= 0.6 is 0 Å². The second kappa shape index (κ2) is 4.77. The number of benzene rings is 1. The van der Waals surface area contributed by atoms with Crippen LogP contribution in [0.5, 0.6) is 0 Å². The summed E-state index contributed by atoms with van der Waals surface area (Å²) in [7, 11) is 0. The lowest BCUT2D eigenvalue weighted by Crippen LogP contribution is -2.45. The summed E-state index contributed by atoms with van der Waals surface area (Å²) < 4.78 is 0. The molecule has 2 amide bonds. The standard InChI is InChI=1S/C16H21N3O/c20-16(18-8-11-4-2-1-3-5-11)19-14-6-7-15(19)13-10-17-9-12(13)14/h1-5,12-15,17H,6-10H2,(H,18,20)/t12-,13+,14-,15+. The predicted octanol–water partition coefficient (Wildman–Crippen LogP) is 1.58. The summed E-state index contributed by atoms with van der Waals surface area (Å²) in [6.07, 6.45) is 2.37. The van der Waals surface area contributed by atoms with Crippen molar-refractivity contribution in [1.29, 1.82) is 0 Å². The molecule has 106 valence electrons. The Hall–Kier alpha value is -1.55. The van der Waals surface area contributed by atoms with Crippen LogP contribution in [0.1, 0.15) is 18.4 Å². The van der Waals surface area contributed by atoms with E-state index in [1.165, 1.54) is 12.8 Å². The first-order valence-electron chi connectivity index (χ1n) is 7.65. The fourth-order valence-electron chi connectivity index (χ4n) is 4.43. The zero-order valence-electron chi connectivity index (χ0n) is 11.6. The second-order valence-corrected chi connectivity index (χ2v) is 6.25. The van der Waals surface area contributed by atoms with Crippen LogP contribution < -0.4 is 10.6 Å². The van der Waals surface area contributed by atoms with Crippen LogP contribution in [0, 0.1) is 11.8 Å². The van der Waals surface area contributed by atoms with E-state index in [-0.39, 0.29) is 6.03 Å². The molecule has 0 radical (unpaired) electrons. The predicted molar refractivity (Wildman–Crippen MR) is 77.2 cm³/mol. The summed E-state index contributed by atoms with van der Waals surface area (Å²) in [6, 6.07) is 11.2. The van der Waals surface area contributed by atoms with Gasteiger partial charge in [0.15, 0.2) is 0 Å². The first-order chi connectivity index (χ1) is 9.84. The van der Waals surface area contributed by atoms with Crippen molar-refractivity contribution in [2.75, 3.05) is 13.1 Å². The number of carbonyl (C=O) groups excluding carboxylic acids is 1. The molecule has 3 heterocycles. The molecule has 3 aliphatic rings. The highest BCUT2D eigenvalue weighted by Crippen LogP contribution is 2.47. The minimum Gasteiger partial charge on any atom is -0.334 e. The zero-order valence-corrected chi connectivity index (χ0v) is 11.6. The molecule has 4 atom stereocenters. The molecule has 0 aromatic heterocycles. The maximum atomic E-state index is 12.5. The zero-order chi connectivity index (χ0) is 13.5. The molecule has 4 nitrogen and oxygen atoms in total. The summed E-state index contributed by atoms with van der Waals surface area (Å²) in [4.78, 5) is 14.7. The van der Waals surface area contributed by atoms with Crippen molar-refractivity contribution in [3.8, 4) is 0 Å². The SMILES string of the molecule is O=C(NCc1ccccc1)N1[C@@H]2CC[C@H]1[C@H]1CNC[C@H]12. The Labute approximate surface area is 119 Å². The third kappa shape index (κ3) is 1.82. The molecule has 2 bridgehead atoms. The van der Waals surface area contributed by atoms with Gasteiger partial charge in [-0.25, -0.2) is 4.79 Å². The molecule has 1 aromatic carbocycles. The largest absolute Gasteiger partial charge is 0.334 e. The van der Waals surface area contributed by atoms with Crippen molar-refractivity contribution in [2.45, 2.75) is 31.5 Å². The molecule has 4 heteroatoms. The van der Waals surface area contributed by atoms with Gasteiger partial charge < -0.3 is 15.5 Å². The van der Waals surface area contributed by atoms with Gasteiger partial charge in [-0.05, 0) is 30.2 Å². The van der Waals surface area contributed by atoms with E-state index in [9.17, 15) is 4.79 Å². The molecular formula is C16H21N3O. The van der Waals surface area contributed by atoms with Gasteiger partial charge in [0.2, 0.25) is 0 Å². The first-order valence-corrected chi connectivity index (χ1v) is 7.65. The van der Waals surface area contributed by atoms with Crippen LogP contribution in [0.3, 0.4) is 0 Å². The summed E-state index contributed by atoms with van der Waals surface area (Å²) in [5, 5.41) is 6.58. The van der Waals surface area contributed by atoms with Crippen LogP contribution in [0.25, 0.3) is 0 Å². The number of fused-ring (bicyclic) bond motifs is 5. The van der Waals surface area contributed by atoms with E-state index in [1.807, 2.05) is 18.2 Å². The van der Waals surface area contributed by atoms with E-state index >= 15 is 0 Å². The Morgan fingerprint density at radius 1 is 1.15 bits per heavy atom. The van der Waals surface area contributed by atoms with Crippen molar-refractivity contribution in [3.05, 3.63) is 35.9 Å². The smallest absolute Gasteiger partial charge is 0.318 e. The number of rotatable bonds is 2. The van der Waals surface area contributed by atoms with Crippen LogP contribution in [0.4, 0.5) is 4.79 Å². The van der Waals surface area contributed by atoms with Gasteiger partial charge in [-0.3, -0.25) is 0 Å². The van der Waals surface area contributed by atoms with Crippen molar-refractivity contribution in [3.63, 3.8) is 0 Å². The summed E-state index contributed by atoms with van der Waals surface area (Å²) in [5.74, 6) is 1.38. The Kier molecular flexibility index (Phi) is 2.91. The lowest BCUT2D eigenvalue weighted by molar-refractivity contribution is 0.184. The fourth-order valence-corrected chi connectivity index (χ4v) is 4.43. The van der Waals surface area contributed by atoms with Crippen LogP contribution in [-0.4, -0.2) is 36.1 Å². The Morgan fingerprint density at radius 2 is 1.80 bits per heavy atom. The molecule has 0 spiro atoms. The highest BCUT2D eigenvalue weighted by Gasteiger charge is 2.56. The highest BCUT2D eigenvalue weighted by molar-refractivity contribution is 5.76. The Morgan fingerprint density at radius 3 is 2.45 bits per heavy atom. The minimum atomic E-state index is 0.135. The lowest BCUT2D eigenvalue weighted by Gasteiger charge is -2.25. The van der Waals surface area contributed by atoms with Crippen LogP contribution in [0.2, 0.25) is 0 Å². The van der Waals surface area contributed by atoms with E-state index in [2.05, 4.69) is 27.7 Å². The Bertz CT molecular complexity index is 486. The Balaban J connectivity index is 1.42. The molecule has 4 rings (SSSR count). The first kappa shape index (κ1) is 12.2. The number of amides is 2. The average molecular weight is 271 g/mol. The van der Waals surface area contributed by atoms with Crippen molar-refractivity contribution in [2.24, 2.45) is 11.8 Å². The summed E-state index contributed by atoms with van der Waals surface area (Å²) in [5.41, 5.74) is 1.16. The molecule has 1 aromatic rings. The second-order valence-electron chi connectivity index (χ2n) is 6.25. The van der Waals surface area contributed by atoms with Gasteiger partial charge >= 0.3 is 6.03 Å². The number of nitrogens with zero attached hydrogens (tertiary/aromatic N) is 1. The molecule has 0 unspecified atom stereocenters. The maximum absolute atomic E-state index is 12.5. The van der Waals surface area contributed by atoms with Crippen molar-refractivity contribution >= 4 is 6.03 Å². The van der Waals surface area contributed by atoms with Gasteiger partial charge in [0.1, 0.15) is 0 Å². The maximum Gasteiger partial charge on any atom is 0.318 e. The average Bonchev–Trinajstić information content (AvgIpc) is 3.17. The fraction of sp³-hybridized carbons (Fsp3) is 0.562. The number of urea groups is 1. The van der Waals surface area contributed by atoms with E-state index in [4.69, 9.17) is 0 Å². The normalized spacial score (nSPS) is 34.3. The van der Waals surface area contributed by atoms with Gasteiger partial charge in [0.05, 0.1) is 0 Å². The number of nitrogens with one attached hydrogen (secondary N) is 2. The third-order valence-corrected chi connectivity index (χ3v) is 5.29. The topological polar surface area (TPSA) is 44.4 Å². The van der Waals surface area contributed by atoms with E-state index in [1.54, 1.807) is 0 Å². The number of hydrogen-bond acceptors (Lipinski definition) is 2. The molecular weight excluding hydrogens is 250 g/mol. The third-order valence-electron chi connectivity index (χ3n) is 5.29. The molecule has 3 aliphatic heterocycles. The van der Waals surface area contributed by atoms with Gasteiger partial charge in [0, 0.05) is 31.7 Å². The highest BCUT2D eigenvalue weighted by atomic mass is 16.2. The molecule has 0 aliphatic carbocycles. The van der Waals surface area contributed by atoms with Crippen molar-refractivity contribution in [1.82, 2.24) is 15.5 Å². The summed E-state index contributed by atoms with van der Waals surface area (Å²) >= 11 is 0. The van der Waals surface area contributed by atoms with Gasteiger partial charge in [0.25, 0.3) is 0 Å². The number of carbonyl (C=O) groups is 1. The van der Waals surface area contributed by atoms with Gasteiger partial charge in [-0.15, -0.1) is 0 Å². The monoisotopic (exact) mass is 271 g/mol. The van der Waals surface area contributed by atoms with Crippen LogP contribution in [0.15, 0.2) is 30.3 Å².